The van der Waals surface area contributed by atoms with Gasteiger partial charge in [0.2, 0.25) is 0 Å². The SMILES string of the molecule is CCOC(=O)C1=C(C)Nc2nc3c(c(N)c2[C@@H]1c1ccc(OC)c(OC)c1)CCCC3. The van der Waals surface area contributed by atoms with Crippen molar-refractivity contribution in [1.29, 1.82) is 0 Å². The molecule has 0 saturated carbocycles. The van der Waals surface area contributed by atoms with E-state index in [2.05, 4.69) is 5.32 Å². The number of carbonyl (C=O) groups is 1. The maximum Gasteiger partial charge on any atom is 0.336 e. The van der Waals surface area contributed by atoms with E-state index in [0.717, 1.165) is 48.1 Å². The molecule has 31 heavy (non-hydrogen) atoms. The van der Waals surface area contributed by atoms with E-state index in [0.29, 0.717) is 40.9 Å². The third kappa shape index (κ3) is 3.58. The van der Waals surface area contributed by atoms with Crippen molar-refractivity contribution in [2.24, 2.45) is 0 Å². The van der Waals surface area contributed by atoms with E-state index >= 15 is 0 Å². The lowest BCUT2D eigenvalue weighted by atomic mass is 9.79. The molecule has 0 amide bonds. The van der Waals surface area contributed by atoms with Gasteiger partial charge in [0.05, 0.1) is 26.4 Å². The van der Waals surface area contributed by atoms with Crippen molar-refractivity contribution < 1.29 is 19.0 Å². The second-order valence-corrected chi connectivity index (χ2v) is 7.85. The first-order valence-corrected chi connectivity index (χ1v) is 10.7. The van der Waals surface area contributed by atoms with E-state index in [1.807, 2.05) is 25.1 Å². The first-order valence-electron chi connectivity index (χ1n) is 10.7. The lowest BCUT2D eigenvalue weighted by Crippen LogP contribution is -2.27. The predicted molar refractivity (Wildman–Crippen MR) is 120 cm³/mol. The molecule has 0 spiro atoms. The van der Waals surface area contributed by atoms with Gasteiger partial charge in [0.1, 0.15) is 5.82 Å². The van der Waals surface area contributed by atoms with Crippen molar-refractivity contribution in [1.82, 2.24) is 4.98 Å². The van der Waals surface area contributed by atoms with Crippen LogP contribution in [0.4, 0.5) is 11.5 Å². The fourth-order valence-electron chi connectivity index (χ4n) is 4.63. The average Bonchev–Trinajstić information content (AvgIpc) is 2.78. The molecule has 2 heterocycles. The summed E-state index contributed by atoms with van der Waals surface area (Å²) < 4.78 is 16.3. The monoisotopic (exact) mass is 423 g/mol. The van der Waals surface area contributed by atoms with Gasteiger partial charge in [0, 0.05) is 28.6 Å². The number of allylic oxidation sites excluding steroid dienone is 1. The second-order valence-electron chi connectivity index (χ2n) is 7.85. The summed E-state index contributed by atoms with van der Waals surface area (Å²) in [7, 11) is 3.19. The van der Waals surface area contributed by atoms with Crippen LogP contribution in [0.5, 0.6) is 11.5 Å². The van der Waals surface area contributed by atoms with Crippen LogP contribution in [0, 0.1) is 0 Å². The van der Waals surface area contributed by atoms with Crippen molar-refractivity contribution in [2.75, 3.05) is 31.9 Å². The fourth-order valence-corrected chi connectivity index (χ4v) is 4.63. The normalized spacial score (nSPS) is 17.4. The number of anilines is 2. The summed E-state index contributed by atoms with van der Waals surface area (Å²) in [5, 5.41) is 3.32. The summed E-state index contributed by atoms with van der Waals surface area (Å²) in [6, 6.07) is 5.67. The number of aryl methyl sites for hydroxylation is 1. The van der Waals surface area contributed by atoms with Crippen LogP contribution >= 0.6 is 0 Å². The van der Waals surface area contributed by atoms with Crippen molar-refractivity contribution in [3.05, 3.63) is 51.9 Å². The number of methoxy groups -OCH3 is 2. The van der Waals surface area contributed by atoms with Crippen LogP contribution in [0.15, 0.2) is 29.5 Å². The molecule has 1 aliphatic carbocycles. The summed E-state index contributed by atoms with van der Waals surface area (Å²) in [4.78, 5) is 18.0. The Labute approximate surface area is 182 Å². The number of rotatable bonds is 5. The van der Waals surface area contributed by atoms with Crippen molar-refractivity contribution in [3.8, 4) is 11.5 Å². The quantitative estimate of drug-likeness (QED) is 0.703. The summed E-state index contributed by atoms with van der Waals surface area (Å²) in [6.45, 7) is 3.97. The molecule has 0 radical (unpaired) electrons. The van der Waals surface area contributed by atoms with Crippen LogP contribution in [0.3, 0.4) is 0 Å². The van der Waals surface area contributed by atoms with Gasteiger partial charge in [-0.3, -0.25) is 0 Å². The van der Waals surface area contributed by atoms with Gasteiger partial charge in [-0.25, -0.2) is 9.78 Å². The van der Waals surface area contributed by atoms with Crippen LogP contribution in [-0.2, 0) is 22.4 Å². The zero-order valence-corrected chi connectivity index (χ0v) is 18.5. The largest absolute Gasteiger partial charge is 0.493 e. The van der Waals surface area contributed by atoms with Crippen LogP contribution in [0.2, 0.25) is 0 Å². The Morgan fingerprint density at radius 1 is 1.19 bits per heavy atom. The fraction of sp³-hybridized carbons (Fsp3) is 0.417. The van der Waals surface area contributed by atoms with Gasteiger partial charge >= 0.3 is 5.97 Å². The van der Waals surface area contributed by atoms with Crippen LogP contribution in [0.1, 0.15) is 55.0 Å². The molecule has 2 aromatic rings. The molecular weight excluding hydrogens is 394 g/mol. The number of hydrogen-bond acceptors (Lipinski definition) is 7. The zero-order valence-electron chi connectivity index (χ0n) is 18.5. The highest BCUT2D eigenvalue weighted by atomic mass is 16.5. The highest BCUT2D eigenvalue weighted by molar-refractivity contribution is 5.95. The van der Waals surface area contributed by atoms with Crippen molar-refractivity contribution in [2.45, 2.75) is 45.4 Å². The Hall–Kier alpha value is -3.22. The maximum atomic E-state index is 13.0. The molecule has 7 nitrogen and oxygen atoms in total. The number of nitrogens with one attached hydrogen (secondary N) is 1. The molecule has 3 N–H and O–H groups in total. The van der Waals surface area contributed by atoms with Gasteiger partial charge in [-0.15, -0.1) is 0 Å². The number of benzene rings is 1. The number of nitrogens with two attached hydrogens (primary N) is 1. The molecule has 7 heteroatoms. The lowest BCUT2D eigenvalue weighted by molar-refractivity contribution is -0.138. The third-order valence-electron chi connectivity index (χ3n) is 6.08. The third-order valence-corrected chi connectivity index (χ3v) is 6.08. The van der Waals surface area contributed by atoms with E-state index in [1.165, 1.54) is 0 Å². The minimum absolute atomic E-state index is 0.291. The number of pyridine rings is 1. The van der Waals surface area contributed by atoms with Crippen LogP contribution in [-0.4, -0.2) is 31.8 Å². The lowest BCUT2D eigenvalue weighted by Gasteiger charge is -2.33. The number of nitrogens with zero attached hydrogens (tertiary/aromatic N) is 1. The van der Waals surface area contributed by atoms with Gasteiger partial charge in [-0.1, -0.05) is 6.07 Å². The molecule has 0 saturated heterocycles. The number of nitrogen functional groups attached to an aromatic ring is 1. The molecular formula is C24H29N3O4. The van der Waals surface area contributed by atoms with Gasteiger partial charge in [-0.2, -0.15) is 0 Å². The smallest absolute Gasteiger partial charge is 0.336 e. The summed E-state index contributed by atoms with van der Waals surface area (Å²) >= 11 is 0. The summed E-state index contributed by atoms with van der Waals surface area (Å²) in [5.74, 6) is 1.13. The molecule has 4 rings (SSSR count). The van der Waals surface area contributed by atoms with Crippen molar-refractivity contribution in [3.63, 3.8) is 0 Å². The Kier molecular flexibility index (Phi) is 5.76. The number of aromatic nitrogens is 1. The molecule has 2 aliphatic rings. The Morgan fingerprint density at radius 3 is 2.65 bits per heavy atom. The number of ether oxygens (including phenoxy) is 3. The highest BCUT2D eigenvalue weighted by Crippen LogP contribution is 2.47. The van der Waals surface area contributed by atoms with E-state index in [-0.39, 0.29) is 5.97 Å². The second kappa shape index (κ2) is 8.49. The molecule has 0 fully saturated rings. The molecule has 1 atom stereocenters. The topological polar surface area (TPSA) is 95.7 Å². The Morgan fingerprint density at radius 2 is 1.94 bits per heavy atom. The number of carbonyl (C=O) groups excluding carboxylic acids is 1. The van der Waals surface area contributed by atoms with Gasteiger partial charge in [0.25, 0.3) is 0 Å². The van der Waals surface area contributed by atoms with Crippen molar-refractivity contribution >= 4 is 17.5 Å². The zero-order chi connectivity index (χ0) is 22.1. The van der Waals surface area contributed by atoms with E-state index in [9.17, 15) is 4.79 Å². The van der Waals surface area contributed by atoms with E-state index in [1.54, 1.807) is 21.1 Å². The molecule has 1 aromatic heterocycles. The predicted octanol–water partition coefficient (Wildman–Crippen LogP) is 3.95. The number of esters is 1. The molecule has 0 unspecified atom stereocenters. The molecule has 164 valence electrons. The standard InChI is InChI=1S/C24H29N3O4/c1-5-31-24(28)19-13(2)26-23-21(22(25)15-8-6-7-9-16(15)27-23)20(19)14-10-11-17(29-3)18(12-14)30-4/h10-12,20H,5-9H2,1-4H3,(H3,25,26,27)/t20-/m1/s1. The van der Waals surface area contributed by atoms with Gasteiger partial charge < -0.3 is 25.3 Å². The average molecular weight is 424 g/mol. The van der Waals surface area contributed by atoms with Crippen LogP contribution in [0.25, 0.3) is 0 Å². The van der Waals surface area contributed by atoms with Gasteiger partial charge in [-0.05, 0) is 62.8 Å². The van der Waals surface area contributed by atoms with E-state index < -0.39 is 5.92 Å². The number of fused-ring (bicyclic) bond motifs is 2. The first-order chi connectivity index (χ1) is 15.0. The minimum atomic E-state index is -0.421. The highest BCUT2D eigenvalue weighted by Gasteiger charge is 2.37. The molecule has 1 aliphatic heterocycles. The molecule has 0 bridgehead atoms. The summed E-state index contributed by atoms with van der Waals surface area (Å²) in [6.07, 6.45) is 4.02. The summed E-state index contributed by atoms with van der Waals surface area (Å²) in [5.41, 5.74) is 12.5. The van der Waals surface area contributed by atoms with E-state index in [4.69, 9.17) is 24.9 Å². The maximum absolute atomic E-state index is 13.0. The first kappa shape index (κ1) is 21.0. The minimum Gasteiger partial charge on any atom is -0.493 e. The number of hydrogen-bond donors (Lipinski definition) is 2. The Bertz CT molecular complexity index is 1060. The molecule has 1 aromatic carbocycles. The Balaban J connectivity index is 1.96. The van der Waals surface area contributed by atoms with Gasteiger partial charge in [0.15, 0.2) is 11.5 Å². The van der Waals surface area contributed by atoms with Crippen LogP contribution < -0.4 is 20.5 Å².